The highest BCUT2D eigenvalue weighted by Gasteiger charge is 2.22. The summed E-state index contributed by atoms with van der Waals surface area (Å²) in [6.45, 7) is 4.93. The van der Waals surface area contributed by atoms with Crippen LogP contribution in [0, 0.1) is 18.6 Å². The number of ether oxygens (including phenoxy) is 1. The van der Waals surface area contributed by atoms with Gasteiger partial charge < -0.3 is 15.0 Å². The average molecular weight is 427 g/mol. The van der Waals surface area contributed by atoms with Crippen LogP contribution in [0.3, 0.4) is 0 Å². The van der Waals surface area contributed by atoms with E-state index in [1.807, 2.05) is 30.0 Å². The lowest BCUT2D eigenvalue weighted by atomic mass is 10.1. The van der Waals surface area contributed by atoms with Crippen molar-refractivity contribution < 1.29 is 18.3 Å². The smallest absolute Gasteiger partial charge is 0.246 e. The van der Waals surface area contributed by atoms with Gasteiger partial charge in [-0.05, 0) is 36.8 Å². The molecule has 0 saturated carbocycles. The number of carbonyl (C=O) groups excluding carboxylic acids is 1. The predicted molar refractivity (Wildman–Crippen MR) is 112 cm³/mol. The number of piperidine rings is 1. The summed E-state index contributed by atoms with van der Waals surface area (Å²) in [6, 6.07) is 8.89. The van der Waals surface area contributed by atoms with Gasteiger partial charge in [-0.1, -0.05) is 0 Å². The lowest BCUT2D eigenvalue weighted by molar-refractivity contribution is -0.130. The van der Waals surface area contributed by atoms with Crippen molar-refractivity contribution in [2.75, 3.05) is 18.4 Å². The fraction of sp³-hybridized carbons (Fsp3) is 0.318. The van der Waals surface area contributed by atoms with Crippen LogP contribution in [0.2, 0.25) is 0 Å². The second-order valence-electron chi connectivity index (χ2n) is 7.62. The highest BCUT2D eigenvalue weighted by Crippen LogP contribution is 2.26. The first-order valence-corrected chi connectivity index (χ1v) is 10.0. The van der Waals surface area contributed by atoms with Crippen LogP contribution in [-0.4, -0.2) is 44.8 Å². The van der Waals surface area contributed by atoms with E-state index in [9.17, 15) is 13.6 Å². The quantitative estimate of drug-likeness (QED) is 0.667. The summed E-state index contributed by atoms with van der Waals surface area (Å²) in [6.07, 6.45) is 3.00. The molecule has 1 aromatic heterocycles. The van der Waals surface area contributed by atoms with Crippen molar-refractivity contribution in [3.63, 3.8) is 0 Å². The SMILES string of the molecule is CC(=O)N1CCC(Oc2cc(C)cc(Nc3ncn(-c4cc(F)cc(F)c4)n3)c2)CC1. The van der Waals surface area contributed by atoms with Crippen molar-refractivity contribution in [2.24, 2.45) is 0 Å². The third-order valence-electron chi connectivity index (χ3n) is 5.10. The van der Waals surface area contributed by atoms with E-state index >= 15 is 0 Å². The van der Waals surface area contributed by atoms with E-state index in [0.717, 1.165) is 35.9 Å². The van der Waals surface area contributed by atoms with Crippen LogP contribution in [-0.2, 0) is 4.79 Å². The van der Waals surface area contributed by atoms with Gasteiger partial charge in [0.05, 0.1) is 5.69 Å². The maximum atomic E-state index is 13.5. The predicted octanol–water partition coefficient (Wildman–Crippen LogP) is 3.99. The lowest BCUT2D eigenvalue weighted by Crippen LogP contribution is -2.40. The van der Waals surface area contributed by atoms with Crippen molar-refractivity contribution >= 4 is 17.5 Å². The number of nitrogens with zero attached hydrogens (tertiary/aromatic N) is 4. The number of likely N-dealkylation sites (tertiary alicyclic amines) is 1. The van der Waals surface area contributed by atoms with Crippen LogP contribution < -0.4 is 10.1 Å². The fourth-order valence-corrected chi connectivity index (χ4v) is 3.61. The van der Waals surface area contributed by atoms with E-state index in [1.165, 1.54) is 23.1 Å². The van der Waals surface area contributed by atoms with E-state index in [2.05, 4.69) is 15.4 Å². The summed E-state index contributed by atoms with van der Waals surface area (Å²) in [7, 11) is 0. The van der Waals surface area contributed by atoms with Gasteiger partial charge in [0.25, 0.3) is 0 Å². The first-order valence-electron chi connectivity index (χ1n) is 10.0. The second-order valence-corrected chi connectivity index (χ2v) is 7.62. The number of hydrogen-bond acceptors (Lipinski definition) is 5. The Bertz CT molecular complexity index is 1070. The van der Waals surface area contributed by atoms with Crippen LogP contribution in [0.1, 0.15) is 25.3 Å². The Labute approximate surface area is 178 Å². The number of hydrogen-bond donors (Lipinski definition) is 1. The maximum absolute atomic E-state index is 13.5. The first kappa shape index (κ1) is 20.8. The molecule has 2 heterocycles. The molecule has 9 heteroatoms. The highest BCUT2D eigenvalue weighted by atomic mass is 19.1. The molecule has 1 aliphatic rings. The van der Waals surface area contributed by atoms with E-state index in [0.29, 0.717) is 13.1 Å². The topological polar surface area (TPSA) is 72.3 Å². The van der Waals surface area contributed by atoms with E-state index in [4.69, 9.17) is 4.74 Å². The van der Waals surface area contributed by atoms with Crippen LogP contribution in [0.5, 0.6) is 5.75 Å². The summed E-state index contributed by atoms with van der Waals surface area (Å²) in [5.41, 5.74) is 1.97. The Morgan fingerprint density at radius 3 is 2.48 bits per heavy atom. The zero-order valence-electron chi connectivity index (χ0n) is 17.3. The molecule has 1 saturated heterocycles. The number of halogens is 2. The number of anilines is 2. The summed E-state index contributed by atoms with van der Waals surface area (Å²) in [4.78, 5) is 17.5. The van der Waals surface area contributed by atoms with Gasteiger partial charge in [-0.25, -0.2) is 13.5 Å². The molecule has 1 N–H and O–H groups in total. The number of benzene rings is 2. The monoisotopic (exact) mass is 427 g/mol. The Kier molecular flexibility index (Phi) is 5.83. The molecule has 31 heavy (non-hydrogen) atoms. The summed E-state index contributed by atoms with van der Waals surface area (Å²) >= 11 is 0. The summed E-state index contributed by atoms with van der Waals surface area (Å²) in [5, 5.41) is 7.34. The lowest BCUT2D eigenvalue weighted by Gasteiger charge is -2.31. The molecular weight excluding hydrogens is 404 g/mol. The van der Waals surface area contributed by atoms with Gasteiger partial charge in [0.15, 0.2) is 0 Å². The molecule has 0 aliphatic carbocycles. The van der Waals surface area contributed by atoms with Crippen LogP contribution in [0.4, 0.5) is 20.4 Å². The van der Waals surface area contributed by atoms with Gasteiger partial charge in [0.2, 0.25) is 11.9 Å². The Morgan fingerprint density at radius 2 is 1.81 bits per heavy atom. The van der Waals surface area contributed by atoms with Gasteiger partial charge in [-0.2, -0.15) is 4.98 Å². The van der Waals surface area contributed by atoms with Gasteiger partial charge in [0, 0.05) is 50.7 Å². The number of nitrogens with one attached hydrogen (secondary N) is 1. The van der Waals surface area contributed by atoms with Crippen molar-refractivity contribution in [1.82, 2.24) is 19.7 Å². The largest absolute Gasteiger partial charge is 0.490 e. The van der Waals surface area contributed by atoms with Gasteiger partial charge in [-0.15, -0.1) is 5.10 Å². The zero-order valence-corrected chi connectivity index (χ0v) is 17.3. The Hall–Kier alpha value is -3.49. The Morgan fingerprint density at radius 1 is 1.10 bits per heavy atom. The molecular formula is C22H23F2N5O2. The van der Waals surface area contributed by atoms with E-state index < -0.39 is 11.6 Å². The fourth-order valence-electron chi connectivity index (χ4n) is 3.61. The number of amides is 1. The molecule has 2 aromatic carbocycles. The van der Waals surface area contributed by atoms with E-state index in [-0.39, 0.29) is 23.6 Å². The zero-order chi connectivity index (χ0) is 22.0. The molecule has 3 aromatic rings. The number of rotatable bonds is 5. The molecule has 0 bridgehead atoms. The molecule has 0 spiro atoms. The number of carbonyl (C=O) groups is 1. The molecule has 7 nitrogen and oxygen atoms in total. The minimum absolute atomic E-state index is 0.0467. The highest BCUT2D eigenvalue weighted by molar-refractivity contribution is 5.73. The van der Waals surface area contributed by atoms with Crippen LogP contribution in [0.15, 0.2) is 42.7 Å². The molecule has 0 radical (unpaired) electrons. The second kappa shape index (κ2) is 8.71. The standard InChI is InChI=1S/C22H23F2N5O2/c1-14-7-18(12-21(8-14)31-20-3-5-28(6-4-20)15(2)30)26-22-25-13-29(27-22)19-10-16(23)9-17(24)11-19/h7-13,20H,3-6H2,1-2H3,(H,26,27). The summed E-state index contributed by atoms with van der Waals surface area (Å²) < 4.78 is 34.4. The minimum Gasteiger partial charge on any atom is -0.490 e. The number of aryl methyl sites for hydroxylation is 1. The molecule has 0 atom stereocenters. The van der Waals surface area contributed by atoms with Crippen molar-refractivity contribution in [3.8, 4) is 11.4 Å². The van der Waals surface area contributed by atoms with Crippen LogP contribution in [0.25, 0.3) is 5.69 Å². The molecule has 1 aliphatic heterocycles. The molecule has 4 rings (SSSR count). The third-order valence-corrected chi connectivity index (χ3v) is 5.10. The van der Waals surface area contributed by atoms with Gasteiger partial charge in [0.1, 0.15) is 29.8 Å². The Balaban J connectivity index is 1.44. The van der Waals surface area contributed by atoms with Gasteiger partial charge in [-0.3, -0.25) is 4.79 Å². The normalized spacial score (nSPS) is 14.5. The summed E-state index contributed by atoms with van der Waals surface area (Å²) in [5.74, 6) is -0.274. The molecule has 1 amide bonds. The van der Waals surface area contributed by atoms with Crippen molar-refractivity contribution in [2.45, 2.75) is 32.8 Å². The van der Waals surface area contributed by atoms with Crippen molar-refractivity contribution in [1.29, 1.82) is 0 Å². The van der Waals surface area contributed by atoms with Crippen molar-refractivity contribution in [3.05, 3.63) is 59.9 Å². The molecule has 0 unspecified atom stereocenters. The van der Waals surface area contributed by atoms with E-state index in [1.54, 1.807) is 6.92 Å². The third kappa shape index (κ3) is 5.17. The molecule has 1 fully saturated rings. The van der Waals surface area contributed by atoms with Gasteiger partial charge >= 0.3 is 0 Å². The first-order chi connectivity index (χ1) is 14.9. The molecule has 162 valence electrons. The maximum Gasteiger partial charge on any atom is 0.246 e. The minimum atomic E-state index is -0.686. The average Bonchev–Trinajstić information content (AvgIpc) is 3.16. The number of aromatic nitrogens is 3. The van der Waals surface area contributed by atoms with Crippen LogP contribution >= 0.6 is 0 Å².